The molecule has 1 unspecified atom stereocenters. The van der Waals surface area contributed by atoms with Gasteiger partial charge in [-0.3, -0.25) is 4.79 Å². The molecule has 0 aliphatic rings. The van der Waals surface area contributed by atoms with Crippen LogP contribution in [-0.2, 0) is 4.74 Å². The highest BCUT2D eigenvalue weighted by molar-refractivity contribution is 5.36. The van der Waals surface area contributed by atoms with Crippen molar-refractivity contribution in [3.05, 3.63) is 21.7 Å². The lowest BCUT2D eigenvalue weighted by molar-refractivity contribution is -0.0191. The Bertz CT molecular complexity index is 446. The molecule has 0 bridgehead atoms. The van der Waals surface area contributed by atoms with Crippen LogP contribution in [-0.4, -0.2) is 16.6 Å². The fraction of sp³-hybridized carbons (Fsp3) is 0.667. The zero-order valence-electron chi connectivity index (χ0n) is 11.1. The van der Waals surface area contributed by atoms with Crippen LogP contribution in [0.3, 0.4) is 0 Å². The Morgan fingerprint density at radius 3 is 2.47 bits per heavy atom. The number of hydrogen-bond acceptors (Lipinski definition) is 4. The van der Waals surface area contributed by atoms with Crippen molar-refractivity contribution >= 4 is 5.82 Å². The van der Waals surface area contributed by atoms with Crippen molar-refractivity contribution in [3.63, 3.8) is 0 Å². The molecule has 0 aliphatic heterocycles. The van der Waals surface area contributed by atoms with Gasteiger partial charge in [0.1, 0.15) is 17.7 Å². The van der Waals surface area contributed by atoms with Gasteiger partial charge in [0.05, 0.1) is 5.56 Å². The van der Waals surface area contributed by atoms with Crippen LogP contribution in [0.1, 0.15) is 45.2 Å². The minimum atomic E-state index is -0.275. The van der Waals surface area contributed by atoms with Gasteiger partial charge >= 0.3 is 0 Å². The summed E-state index contributed by atoms with van der Waals surface area (Å²) >= 11 is 0. The van der Waals surface area contributed by atoms with E-state index in [1.165, 1.54) is 0 Å². The lowest BCUT2D eigenvalue weighted by Crippen LogP contribution is -2.27. The fourth-order valence-electron chi connectivity index (χ4n) is 1.60. The lowest BCUT2D eigenvalue weighted by Gasteiger charge is -2.29. The molecule has 17 heavy (non-hydrogen) atoms. The van der Waals surface area contributed by atoms with E-state index in [0.29, 0.717) is 18.0 Å². The van der Waals surface area contributed by atoms with E-state index in [1.807, 2.05) is 27.7 Å². The summed E-state index contributed by atoms with van der Waals surface area (Å²) in [5.41, 5.74) is 5.79. The molecule has 1 rings (SSSR count). The summed E-state index contributed by atoms with van der Waals surface area (Å²) in [6.07, 6.45) is -0.275. The van der Waals surface area contributed by atoms with Gasteiger partial charge in [-0.2, -0.15) is 0 Å². The molecule has 0 saturated heterocycles. The summed E-state index contributed by atoms with van der Waals surface area (Å²) in [4.78, 5) is 18.6. The molecule has 5 heteroatoms. The molecular formula is C12H21N3O2. The molecule has 0 saturated carbocycles. The molecule has 0 fully saturated rings. The molecule has 1 atom stereocenters. The van der Waals surface area contributed by atoms with Crippen LogP contribution in [0.5, 0.6) is 0 Å². The van der Waals surface area contributed by atoms with Gasteiger partial charge in [-0.25, -0.2) is 4.98 Å². The van der Waals surface area contributed by atoms with E-state index in [-0.39, 0.29) is 22.9 Å². The number of nitrogens with zero attached hydrogens (tertiary/aromatic N) is 1. The smallest absolute Gasteiger partial charge is 0.255 e. The van der Waals surface area contributed by atoms with Crippen molar-refractivity contribution in [1.82, 2.24) is 9.97 Å². The average Bonchev–Trinajstić information content (AvgIpc) is 2.20. The highest BCUT2D eigenvalue weighted by Crippen LogP contribution is 2.34. The summed E-state index contributed by atoms with van der Waals surface area (Å²) in [7, 11) is 0. The Balaban J connectivity index is 3.25. The summed E-state index contributed by atoms with van der Waals surface area (Å²) in [6.45, 7) is 10.2. The van der Waals surface area contributed by atoms with Crippen LogP contribution in [0, 0.1) is 12.3 Å². The van der Waals surface area contributed by atoms with Gasteiger partial charge in [0, 0.05) is 6.61 Å². The first kappa shape index (κ1) is 13.7. The van der Waals surface area contributed by atoms with Gasteiger partial charge in [0.25, 0.3) is 5.56 Å². The van der Waals surface area contributed by atoms with E-state index in [2.05, 4.69) is 9.97 Å². The van der Waals surface area contributed by atoms with E-state index in [0.717, 1.165) is 0 Å². The first-order valence-corrected chi connectivity index (χ1v) is 5.75. The zero-order chi connectivity index (χ0) is 13.2. The first-order valence-electron chi connectivity index (χ1n) is 5.75. The van der Waals surface area contributed by atoms with E-state index in [1.54, 1.807) is 6.92 Å². The highest BCUT2D eigenvalue weighted by atomic mass is 16.5. The van der Waals surface area contributed by atoms with Crippen LogP contribution < -0.4 is 11.3 Å². The third kappa shape index (κ3) is 3.06. The van der Waals surface area contributed by atoms with Crippen LogP contribution >= 0.6 is 0 Å². The molecule has 1 aromatic rings. The summed E-state index contributed by atoms with van der Waals surface area (Å²) < 4.78 is 5.65. The molecule has 1 heterocycles. The lowest BCUT2D eigenvalue weighted by atomic mass is 9.88. The van der Waals surface area contributed by atoms with Crippen molar-refractivity contribution in [2.24, 2.45) is 5.41 Å². The Labute approximate surface area is 101 Å². The third-order valence-corrected chi connectivity index (χ3v) is 2.58. The van der Waals surface area contributed by atoms with Crippen molar-refractivity contribution in [1.29, 1.82) is 0 Å². The molecule has 0 radical (unpaired) electrons. The molecule has 0 spiro atoms. The second-order valence-electron chi connectivity index (χ2n) is 5.16. The average molecular weight is 239 g/mol. The topological polar surface area (TPSA) is 81.0 Å². The second kappa shape index (κ2) is 4.87. The Hall–Kier alpha value is -1.36. The Kier molecular flexibility index (Phi) is 3.93. The molecule has 96 valence electrons. The van der Waals surface area contributed by atoms with Gasteiger partial charge in [-0.1, -0.05) is 20.8 Å². The standard InChI is InChI=1S/C12H21N3O2/c1-6-17-8(12(3,4)5)10-14-9(13)7(2)11(16)15-10/h8H,6H2,1-5H3,(H3,13,14,15,16). The van der Waals surface area contributed by atoms with E-state index in [4.69, 9.17) is 10.5 Å². The van der Waals surface area contributed by atoms with Crippen molar-refractivity contribution in [3.8, 4) is 0 Å². The van der Waals surface area contributed by atoms with E-state index in [9.17, 15) is 4.79 Å². The maximum absolute atomic E-state index is 11.7. The number of aromatic nitrogens is 2. The van der Waals surface area contributed by atoms with Gasteiger partial charge < -0.3 is 15.5 Å². The fourth-order valence-corrected chi connectivity index (χ4v) is 1.60. The number of hydrogen-bond donors (Lipinski definition) is 2. The number of nitrogens with one attached hydrogen (secondary N) is 1. The molecular weight excluding hydrogens is 218 g/mol. The highest BCUT2D eigenvalue weighted by Gasteiger charge is 2.29. The normalized spacial score (nSPS) is 13.7. The number of H-pyrrole nitrogens is 1. The molecule has 5 nitrogen and oxygen atoms in total. The summed E-state index contributed by atoms with van der Waals surface area (Å²) in [5, 5.41) is 0. The van der Waals surface area contributed by atoms with Crippen LogP contribution in [0.4, 0.5) is 5.82 Å². The SMILES string of the molecule is CCOC(c1nc(N)c(C)c(=O)[nH]1)C(C)(C)C. The maximum Gasteiger partial charge on any atom is 0.255 e. The molecule has 0 aliphatic carbocycles. The van der Waals surface area contributed by atoms with E-state index < -0.39 is 0 Å². The summed E-state index contributed by atoms with van der Waals surface area (Å²) in [6, 6.07) is 0. The quantitative estimate of drug-likeness (QED) is 0.842. The molecule has 3 N–H and O–H groups in total. The van der Waals surface area contributed by atoms with Crippen molar-refractivity contribution in [2.75, 3.05) is 12.3 Å². The van der Waals surface area contributed by atoms with Crippen LogP contribution in [0.15, 0.2) is 4.79 Å². The predicted octanol–water partition coefficient (Wildman–Crippen LogP) is 1.78. The number of nitrogens with two attached hydrogens (primary N) is 1. The first-order chi connectivity index (χ1) is 7.77. The van der Waals surface area contributed by atoms with E-state index >= 15 is 0 Å². The van der Waals surface area contributed by atoms with Gasteiger partial charge in [0.2, 0.25) is 0 Å². The largest absolute Gasteiger partial charge is 0.383 e. The third-order valence-electron chi connectivity index (χ3n) is 2.58. The number of ether oxygens (including phenoxy) is 1. The number of aromatic amines is 1. The summed E-state index contributed by atoms with van der Waals surface area (Å²) in [5.74, 6) is 0.755. The minimum absolute atomic E-state index is 0.159. The Morgan fingerprint density at radius 1 is 1.47 bits per heavy atom. The number of nitrogen functional groups attached to an aromatic ring is 1. The minimum Gasteiger partial charge on any atom is -0.383 e. The van der Waals surface area contributed by atoms with Crippen LogP contribution in [0.25, 0.3) is 0 Å². The Morgan fingerprint density at radius 2 is 2.06 bits per heavy atom. The number of anilines is 1. The molecule has 0 amide bonds. The molecule has 1 aromatic heterocycles. The molecule has 0 aromatic carbocycles. The second-order valence-corrected chi connectivity index (χ2v) is 5.16. The monoisotopic (exact) mass is 239 g/mol. The predicted molar refractivity (Wildman–Crippen MR) is 67.8 cm³/mol. The van der Waals surface area contributed by atoms with Crippen molar-refractivity contribution in [2.45, 2.75) is 40.7 Å². The van der Waals surface area contributed by atoms with Gasteiger partial charge in [-0.15, -0.1) is 0 Å². The number of rotatable bonds is 3. The maximum atomic E-state index is 11.7. The van der Waals surface area contributed by atoms with Gasteiger partial charge in [0.15, 0.2) is 0 Å². The van der Waals surface area contributed by atoms with Gasteiger partial charge in [-0.05, 0) is 19.3 Å². The van der Waals surface area contributed by atoms with Crippen LogP contribution in [0.2, 0.25) is 0 Å². The zero-order valence-corrected chi connectivity index (χ0v) is 11.1. The van der Waals surface area contributed by atoms with Crippen molar-refractivity contribution < 1.29 is 4.74 Å².